The fraction of sp³-hybridized carbons (Fsp3) is 0.933. The van der Waals surface area contributed by atoms with Gasteiger partial charge in [-0.05, 0) is 45.6 Å². The maximum atomic E-state index is 11.8. The van der Waals surface area contributed by atoms with E-state index in [1.165, 1.54) is 26.4 Å². The number of likely N-dealkylation sites (tertiary alicyclic amines) is 1. The van der Waals surface area contributed by atoms with Crippen LogP contribution in [0, 0.1) is 0 Å². The number of carbonyl (C=O) groups is 1. The first-order valence-corrected chi connectivity index (χ1v) is 7.90. The molecule has 5 nitrogen and oxygen atoms in total. The largest absolute Gasteiger partial charge is 0.468 e. The van der Waals surface area contributed by atoms with Gasteiger partial charge in [0.2, 0.25) is 0 Å². The fourth-order valence-corrected chi connectivity index (χ4v) is 2.85. The number of hydrogen-bond donors (Lipinski definition) is 1. The molecule has 1 heterocycles. The van der Waals surface area contributed by atoms with Crippen molar-refractivity contribution in [3.05, 3.63) is 0 Å². The zero-order chi connectivity index (χ0) is 14.4. The van der Waals surface area contributed by atoms with Crippen LogP contribution in [-0.2, 0) is 14.3 Å². The smallest absolute Gasteiger partial charge is 0.322 e. The standard InChI is InChI=1S/C15H28N2O3/c1-3-20-13-5-4-9-17(11-13)10-8-14(15(18)19-2)16-12-6-7-12/h12-14,16H,3-11H2,1-2H3. The molecule has 1 saturated heterocycles. The minimum Gasteiger partial charge on any atom is -0.468 e. The quantitative estimate of drug-likeness (QED) is 0.678. The van der Waals surface area contributed by atoms with Crippen LogP contribution in [0.5, 0.6) is 0 Å². The van der Waals surface area contributed by atoms with Gasteiger partial charge in [0.15, 0.2) is 0 Å². The number of nitrogens with zero attached hydrogens (tertiary/aromatic N) is 1. The Balaban J connectivity index is 1.74. The van der Waals surface area contributed by atoms with Gasteiger partial charge in [0.25, 0.3) is 0 Å². The molecule has 0 radical (unpaired) electrons. The van der Waals surface area contributed by atoms with E-state index >= 15 is 0 Å². The lowest BCUT2D eigenvalue weighted by Gasteiger charge is -2.33. The second-order valence-corrected chi connectivity index (χ2v) is 5.83. The van der Waals surface area contributed by atoms with Gasteiger partial charge in [-0.3, -0.25) is 4.79 Å². The molecular formula is C15H28N2O3. The third-order valence-electron chi connectivity index (χ3n) is 4.10. The van der Waals surface area contributed by atoms with Crippen LogP contribution in [0.3, 0.4) is 0 Å². The second kappa shape index (κ2) is 7.96. The number of methoxy groups -OCH3 is 1. The Morgan fingerprint density at radius 2 is 2.20 bits per heavy atom. The van der Waals surface area contributed by atoms with E-state index in [-0.39, 0.29) is 12.0 Å². The summed E-state index contributed by atoms with van der Waals surface area (Å²) in [5.41, 5.74) is 0. The summed E-state index contributed by atoms with van der Waals surface area (Å²) in [5.74, 6) is -0.129. The van der Waals surface area contributed by atoms with Crippen molar-refractivity contribution in [2.75, 3.05) is 33.4 Å². The first-order chi connectivity index (χ1) is 9.72. The van der Waals surface area contributed by atoms with Gasteiger partial charge in [0.1, 0.15) is 6.04 Å². The van der Waals surface area contributed by atoms with Gasteiger partial charge in [0, 0.05) is 25.7 Å². The molecule has 1 aliphatic heterocycles. The van der Waals surface area contributed by atoms with Crippen LogP contribution in [0.4, 0.5) is 0 Å². The third kappa shape index (κ3) is 5.04. The molecule has 116 valence electrons. The van der Waals surface area contributed by atoms with Crippen molar-refractivity contribution in [3.8, 4) is 0 Å². The molecule has 1 aliphatic carbocycles. The van der Waals surface area contributed by atoms with E-state index < -0.39 is 0 Å². The highest BCUT2D eigenvalue weighted by Crippen LogP contribution is 2.21. The van der Waals surface area contributed by atoms with E-state index in [0.717, 1.165) is 39.1 Å². The Morgan fingerprint density at radius 3 is 2.85 bits per heavy atom. The van der Waals surface area contributed by atoms with E-state index in [9.17, 15) is 4.79 Å². The van der Waals surface area contributed by atoms with Gasteiger partial charge in [-0.25, -0.2) is 0 Å². The van der Waals surface area contributed by atoms with Gasteiger partial charge < -0.3 is 19.7 Å². The average Bonchev–Trinajstić information content (AvgIpc) is 3.27. The Labute approximate surface area is 122 Å². The Morgan fingerprint density at radius 1 is 1.40 bits per heavy atom. The molecular weight excluding hydrogens is 256 g/mol. The van der Waals surface area contributed by atoms with Crippen LogP contribution in [-0.4, -0.2) is 62.4 Å². The van der Waals surface area contributed by atoms with Crippen molar-refractivity contribution < 1.29 is 14.3 Å². The number of hydrogen-bond acceptors (Lipinski definition) is 5. The average molecular weight is 284 g/mol. The minimum absolute atomic E-state index is 0.129. The zero-order valence-corrected chi connectivity index (χ0v) is 12.8. The Bertz CT molecular complexity index is 305. The molecule has 2 atom stereocenters. The highest BCUT2D eigenvalue weighted by atomic mass is 16.5. The van der Waals surface area contributed by atoms with Crippen LogP contribution in [0.2, 0.25) is 0 Å². The monoisotopic (exact) mass is 284 g/mol. The summed E-state index contributed by atoms with van der Waals surface area (Å²) in [4.78, 5) is 14.2. The molecule has 2 unspecified atom stereocenters. The molecule has 2 fully saturated rings. The lowest BCUT2D eigenvalue weighted by Crippen LogP contribution is -2.45. The molecule has 5 heteroatoms. The van der Waals surface area contributed by atoms with Crippen molar-refractivity contribution in [3.63, 3.8) is 0 Å². The van der Waals surface area contributed by atoms with E-state index in [4.69, 9.17) is 9.47 Å². The van der Waals surface area contributed by atoms with Crippen molar-refractivity contribution in [1.82, 2.24) is 10.2 Å². The molecule has 0 aromatic heterocycles. The summed E-state index contributed by atoms with van der Waals surface area (Å²) >= 11 is 0. The number of nitrogens with one attached hydrogen (secondary N) is 1. The second-order valence-electron chi connectivity index (χ2n) is 5.83. The molecule has 0 aromatic carbocycles. The molecule has 2 rings (SSSR count). The van der Waals surface area contributed by atoms with Crippen molar-refractivity contribution in [2.24, 2.45) is 0 Å². The SMILES string of the molecule is CCOC1CCCN(CCC(NC2CC2)C(=O)OC)C1. The van der Waals surface area contributed by atoms with Gasteiger partial charge in [-0.2, -0.15) is 0 Å². The lowest BCUT2D eigenvalue weighted by atomic mass is 10.1. The fourth-order valence-electron chi connectivity index (χ4n) is 2.85. The summed E-state index contributed by atoms with van der Waals surface area (Å²) < 4.78 is 10.6. The van der Waals surface area contributed by atoms with Gasteiger partial charge in [-0.1, -0.05) is 0 Å². The number of ether oxygens (including phenoxy) is 2. The van der Waals surface area contributed by atoms with E-state index in [2.05, 4.69) is 10.2 Å². The third-order valence-corrected chi connectivity index (χ3v) is 4.10. The zero-order valence-electron chi connectivity index (χ0n) is 12.8. The van der Waals surface area contributed by atoms with Crippen LogP contribution in [0.1, 0.15) is 39.0 Å². The highest BCUT2D eigenvalue weighted by Gasteiger charge is 2.29. The molecule has 1 saturated carbocycles. The summed E-state index contributed by atoms with van der Waals surface area (Å²) in [6, 6.07) is 0.372. The summed E-state index contributed by atoms with van der Waals surface area (Å²) in [7, 11) is 1.47. The first kappa shape index (κ1) is 15.7. The topological polar surface area (TPSA) is 50.8 Å². The van der Waals surface area contributed by atoms with E-state index in [1.807, 2.05) is 6.92 Å². The van der Waals surface area contributed by atoms with Crippen molar-refractivity contribution in [2.45, 2.75) is 57.2 Å². The number of piperidine rings is 1. The van der Waals surface area contributed by atoms with Crippen molar-refractivity contribution in [1.29, 1.82) is 0 Å². The molecule has 0 bridgehead atoms. The van der Waals surface area contributed by atoms with Gasteiger partial charge >= 0.3 is 5.97 Å². The van der Waals surface area contributed by atoms with Crippen LogP contribution < -0.4 is 5.32 Å². The Hall–Kier alpha value is -0.650. The maximum absolute atomic E-state index is 11.8. The predicted molar refractivity (Wildman–Crippen MR) is 77.7 cm³/mol. The summed E-state index contributed by atoms with van der Waals surface area (Å²) in [6.45, 7) is 5.87. The summed E-state index contributed by atoms with van der Waals surface area (Å²) in [6.07, 6.45) is 5.89. The van der Waals surface area contributed by atoms with Crippen LogP contribution >= 0.6 is 0 Å². The van der Waals surface area contributed by atoms with Crippen LogP contribution in [0.15, 0.2) is 0 Å². The first-order valence-electron chi connectivity index (χ1n) is 7.90. The molecule has 20 heavy (non-hydrogen) atoms. The van der Waals surface area contributed by atoms with Gasteiger partial charge in [0.05, 0.1) is 13.2 Å². The predicted octanol–water partition coefficient (Wildman–Crippen LogP) is 1.17. The molecule has 2 aliphatic rings. The molecule has 0 aromatic rings. The molecule has 0 amide bonds. The normalized spacial score (nSPS) is 25.4. The van der Waals surface area contributed by atoms with E-state index in [1.54, 1.807) is 0 Å². The van der Waals surface area contributed by atoms with Crippen molar-refractivity contribution >= 4 is 5.97 Å². The minimum atomic E-state index is -0.153. The number of esters is 1. The molecule has 0 spiro atoms. The maximum Gasteiger partial charge on any atom is 0.322 e. The molecule has 1 N–H and O–H groups in total. The van der Waals surface area contributed by atoms with Crippen LogP contribution in [0.25, 0.3) is 0 Å². The van der Waals surface area contributed by atoms with Gasteiger partial charge in [-0.15, -0.1) is 0 Å². The highest BCUT2D eigenvalue weighted by molar-refractivity contribution is 5.75. The van der Waals surface area contributed by atoms with E-state index in [0.29, 0.717) is 12.1 Å². The Kier molecular flexibility index (Phi) is 6.26. The lowest BCUT2D eigenvalue weighted by molar-refractivity contribution is -0.143. The number of carbonyl (C=O) groups excluding carboxylic acids is 1. The summed E-state index contributed by atoms with van der Waals surface area (Å²) in [5, 5.41) is 3.39. The number of rotatable bonds is 8.